The lowest BCUT2D eigenvalue weighted by Gasteiger charge is -2.34. The quantitative estimate of drug-likeness (QED) is 0.743. The molecule has 29 heavy (non-hydrogen) atoms. The van der Waals surface area contributed by atoms with Gasteiger partial charge in [0, 0.05) is 43.6 Å². The molecular weight excluding hydrogens is 366 g/mol. The van der Waals surface area contributed by atoms with Gasteiger partial charge in [-0.25, -0.2) is 0 Å². The van der Waals surface area contributed by atoms with Crippen LogP contribution in [0.3, 0.4) is 0 Å². The van der Waals surface area contributed by atoms with Gasteiger partial charge in [-0.05, 0) is 49.2 Å². The first-order chi connectivity index (χ1) is 14.1. The van der Waals surface area contributed by atoms with Gasteiger partial charge in [0.2, 0.25) is 6.79 Å². The van der Waals surface area contributed by atoms with Gasteiger partial charge in [0.25, 0.3) is 5.91 Å². The van der Waals surface area contributed by atoms with Gasteiger partial charge in [0.15, 0.2) is 11.5 Å². The number of piperazine rings is 1. The zero-order chi connectivity index (χ0) is 20.0. The second-order valence-electron chi connectivity index (χ2n) is 7.93. The normalized spacial score (nSPS) is 16.6. The fraction of sp³-hybridized carbons (Fsp3) is 0.348. The van der Waals surface area contributed by atoms with E-state index in [0.717, 1.165) is 66.4 Å². The van der Waals surface area contributed by atoms with Crippen LogP contribution in [-0.2, 0) is 6.54 Å². The molecule has 150 valence electrons. The van der Waals surface area contributed by atoms with Gasteiger partial charge in [-0.3, -0.25) is 9.69 Å². The highest BCUT2D eigenvalue weighted by atomic mass is 16.7. The summed E-state index contributed by atoms with van der Waals surface area (Å²) in [7, 11) is 0. The number of amides is 1. The van der Waals surface area contributed by atoms with Crippen LogP contribution in [0.4, 0.5) is 0 Å². The first-order valence-electron chi connectivity index (χ1n) is 10.1. The number of hydrogen-bond acceptors (Lipinski definition) is 4. The Morgan fingerprint density at radius 1 is 1.00 bits per heavy atom. The summed E-state index contributed by atoms with van der Waals surface area (Å²) in [5.41, 5.74) is 5.19. The minimum Gasteiger partial charge on any atom is -0.454 e. The number of benzene rings is 2. The van der Waals surface area contributed by atoms with E-state index in [9.17, 15) is 4.79 Å². The number of carbonyl (C=O) groups excluding carboxylic acids is 1. The van der Waals surface area contributed by atoms with Crippen molar-refractivity contribution in [1.82, 2.24) is 14.8 Å². The topological polar surface area (TPSA) is 57.8 Å². The first-order valence-corrected chi connectivity index (χ1v) is 10.1. The highest BCUT2D eigenvalue weighted by Crippen LogP contribution is 2.33. The summed E-state index contributed by atoms with van der Waals surface area (Å²) >= 11 is 0. The molecule has 0 spiro atoms. The number of hydrogen-bond donors (Lipinski definition) is 1. The molecule has 1 amide bonds. The summed E-state index contributed by atoms with van der Waals surface area (Å²) in [6.45, 7) is 8.44. The van der Waals surface area contributed by atoms with Crippen molar-refractivity contribution in [3.05, 3.63) is 58.8 Å². The first kappa shape index (κ1) is 18.1. The number of rotatable bonds is 3. The van der Waals surface area contributed by atoms with Gasteiger partial charge in [0.1, 0.15) is 5.69 Å². The lowest BCUT2D eigenvalue weighted by atomic mass is 10.1. The molecule has 0 bridgehead atoms. The Morgan fingerprint density at radius 2 is 1.79 bits per heavy atom. The highest BCUT2D eigenvalue weighted by molar-refractivity contribution is 6.01. The van der Waals surface area contributed by atoms with Gasteiger partial charge in [-0.15, -0.1) is 0 Å². The van der Waals surface area contributed by atoms with Crippen molar-refractivity contribution in [3.8, 4) is 11.5 Å². The monoisotopic (exact) mass is 391 g/mol. The molecule has 0 radical (unpaired) electrons. The third-order valence-corrected chi connectivity index (χ3v) is 5.93. The van der Waals surface area contributed by atoms with Crippen LogP contribution < -0.4 is 9.47 Å². The lowest BCUT2D eigenvalue weighted by Crippen LogP contribution is -2.48. The molecule has 3 aromatic rings. The standard InChI is InChI=1S/C23H25N3O3/c1-15-3-5-19-18(11-15)16(2)22(24-19)23(27)26-9-7-25(8-10-26)13-17-4-6-20-21(12-17)29-14-28-20/h3-6,11-12,24H,7-10,13-14H2,1-2H3. The van der Waals surface area contributed by atoms with Crippen molar-refractivity contribution in [2.24, 2.45) is 0 Å². The maximum absolute atomic E-state index is 13.1. The summed E-state index contributed by atoms with van der Waals surface area (Å²) in [5.74, 6) is 1.73. The van der Waals surface area contributed by atoms with E-state index in [1.54, 1.807) is 0 Å². The van der Waals surface area contributed by atoms with Gasteiger partial charge in [0.05, 0.1) is 0 Å². The predicted molar refractivity (Wildman–Crippen MR) is 112 cm³/mol. The summed E-state index contributed by atoms with van der Waals surface area (Å²) in [5, 5.41) is 1.13. The van der Waals surface area contributed by atoms with Crippen molar-refractivity contribution in [2.45, 2.75) is 20.4 Å². The zero-order valence-corrected chi connectivity index (χ0v) is 16.8. The van der Waals surface area contributed by atoms with Crippen LogP contribution in [0.1, 0.15) is 27.2 Å². The van der Waals surface area contributed by atoms with E-state index in [2.05, 4.69) is 47.1 Å². The van der Waals surface area contributed by atoms with E-state index in [4.69, 9.17) is 9.47 Å². The highest BCUT2D eigenvalue weighted by Gasteiger charge is 2.25. The Balaban J connectivity index is 1.25. The summed E-state index contributed by atoms with van der Waals surface area (Å²) in [4.78, 5) is 20.8. The number of fused-ring (bicyclic) bond motifs is 2. The molecule has 1 saturated heterocycles. The van der Waals surface area contributed by atoms with Gasteiger partial charge in [-0.2, -0.15) is 0 Å². The summed E-state index contributed by atoms with van der Waals surface area (Å²) in [6.07, 6.45) is 0. The predicted octanol–water partition coefficient (Wildman–Crippen LogP) is 3.47. The zero-order valence-electron chi connectivity index (χ0n) is 16.8. The maximum atomic E-state index is 13.1. The Labute approximate surface area is 170 Å². The molecule has 0 saturated carbocycles. The van der Waals surface area contributed by atoms with Crippen molar-refractivity contribution in [2.75, 3.05) is 33.0 Å². The number of nitrogens with one attached hydrogen (secondary N) is 1. The van der Waals surface area contributed by atoms with E-state index in [-0.39, 0.29) is 5.91 Å². The van der Waals surface area contributed by atoms with Crippen LogP contribution in [0, 0.1) is 13.8 Å². The molecule has 2 aliphatic rings. The largest absolute Gasteiger partial charge is 0.454 e. The van der Waals surface area contributed by atoms with Crippen molar-refractivity contribution in [3.63, 3.8) is 0 Å². The molecule has 6 heteroatoms. The van der Waals surface area contributed by atoms with Crippen LogP contribution in [-0.4, -0.2) is 53.7 Å². The molecule has 0 atom stereocenters. The van der Waals surface area contributed by atoms with E-state index in [0.29, 0.717) is 6.79 Å². The Morgan fingerprint density at radius 3 is 2.62 bits per heavy atom. The van der Waals surface area contributed by atoms with E-state index >= 15 is 0 Å². The molecule has 1 N–H and O–H groups in total. The second-order valence-corrected chi connectivity index (χ2v) is 7.93. The van der Waals surface area contributed by atoms with Crippen LogP contribution in [0.15, 0.2) is 36.4 Å². The van der Waals surface area contributed by atoms with Crippen LogP contribution in [0.5, 0.6) is 11.5 Å². The molecule has 2 aromatic carbocycles. The Kier molecular flexibility index (Phi) is 4.43. The van der Waals surface area contributed by atoms with Crippen molar-refractivity contribution < 1.29 is 14.3 Å². The molecule has 3 heterocycles. The van der Waals surface area contributed by atoms with E-state index in [1.165, 1.54) is 11.1 Å². The van der Waals surface area contributed by atoms with Gasteiger partial charge in [-0.1, -0.05) is 17.7 Å². The Hall–Kier alpha value is -2.99. The van der Waals surface area contributed by atoms with Gasteiger partial charge < -0.3 is 19.4 Å². The van der Waals surface area contributed by atoms with Crippen LogP contribution in [0.25, 0.3) is 10.9 Å². The smallest absolute Gasteiger partial charge is 0.270 e. The summed E-state index contributed by atoms with van der Waals surface area (Å²) in [6, 6.07) is 12.4. The number of aromatic nitrogens is 1. The lowest BCUT2D eigenvalue weighted by molar-refractivity contribution is 0.0623. The summed E-state index contributed by atoms with van der Waals surface area (Å²) < 4.78 is 10.9. The number of aryl methyl sites for hydroxylation is 2. The van der Waals surface area contributed by atoms with Crippen molar-refractivity contribution in [1.29, 1.82) is 0 Å². The third kappa shape index (κ3) is 3.34. The number of ether oxygens (including phenoxy) is 2. The number of aromatic amines is 1. The number of H-pyrrole nitrogens is 1. The van der Waals surface area contributed by atoms with Crippen LogP contribution in [0.2, 0.25) is 0 Å². The average molecular weight is 391 g/mol. The van der Waals surface area contributed by atoms with E-state index < -0.39 is 0 Å². The molecule has 2 aliphatic heterocycles. The molecule has 0 unspecified atom stereocenters. The minimum absolute atomic E-state index is 0.0964. The molecular formula is C23H25N3O3. The molecule has 0 aliphatic carbocycles. The third-order valence-electron chi connectivity index (χ3n) is 5.93. The van der Waals surface area contributed by atoms with Crippen LogP contribution >= 0.6 is 0 Å². The maximum Gasteiger partial charge on any atom is 0.270 e. The average Bonchev–Trinajstić information content (AvgIpc) is 3.32. The fourth-order valence-electron chi connectivity index (χ4n) is 4.22. The van der Waals surface area contributed by atoms with E-state index in [1.807, 2.05) is 17.9 Å². The minimum atomic E-state index is 0.0964. The number of carbonyl (C=O) groups is 1. The Bertz CT molecular complexity index is 1080. The number of nitrogens with zero attached hydrogens (tertiary/aromatic N) is 2. The molecule has 5 rings (SSSR count). The molecule has 1 fully saturated rings. The fourth-order valence-corrected chi connectivity index (χ4v) is 4.22. The SMILES string of the molecule is Cc1ccc2[nH]c(C(=O)N3CCN(Cc4ccc5c(c4)OCO5)CC3)c(C)c2c1. The van der Waals surface area contributed by atoms with Crippen molar-refractivity contribution >= 4 is 16.8 Å². The molecule has 1 aromatic heterocycles. The second kappa shape index (κ2) is 7.12. The van der Waals surface area contributed by atoms with Gasteiger partial charge >= 0.3 is 0 Å². The molecule has 6 nitrogen and oxygen atoms in total.